The Kier molecular flexibility index (Phi) is 7.64. The van der Waals surface area contributed by atoms with Crippen molar-refractivity contribution in [3.63, 3.8) is 0 Å². The van der Waals surface area contributed by atoms with Gasteiger partial charge in [0.25, 0.3) is 0 Å². The van der Waals surface area contributed by atoms with Gasteiger partial charge in [0.2, 0.25) is 0 Å². The Morgan fingerprint density at radius 1 is 0.267 bits per heavy atom. The molecule has 9 heteroatoms. The molecule has 12 rings (SSSR count). The monoisotopic (exact) mass is 767 g/mol. The standard InChI is InChI=1S/C51H29N9/c1-2-8-30(9-3-1)49-58-50(34-15-14-31-26-43-44(29-35(31)22-34)55-21-20-54-43)60-51(59-49)38-24-36(45-39-12-6-16-52-41(39)27-32-10-4-18-56-47(32)45)23-37(25-38)46-40-13-7-17-53-42(40)28-33-11-5-19-57-48(33)46/h1-29H. The average Bonchev–Trinajstić information content (AvgIpc) is 3.31. The van der Waals surface area contributed by atoms with Crippen LogP contribution in [0.1, 0.15) is 0 Å². The maximum Gasteiger partial charge on any atom is 0.164 e. The molecule has 0 spiro atoms. The molecule has 0 unspecified atom stereocenters. The van der Waals surface area contributed by atoms with Gasteiger partial charge in [0, 0.05) is 86.5 Å². The van der Waals surface area contributed by atoms with Crippen molar-refractivity contribution in [2.45, 2.75) is 0 Å². The average molecular weight is 768 g/mol. The summed E-state index contributed by atoms with van der Waals surface area (Å²) in [5.41, 5.74) is 11.5. The van der Waals surface area contributed by atoms with Gasteiger partial charge < -0.3 is 0 Å². The SMILES string of the molecule is c1ccc(-c2nc(-c3cc(-c4c5cccnc5cc5cccnc45)cc(-c4c5cccnc5cc5cccnc45)c3)nc(-c3ccc4cc5nccnc5cc4c3)n2)cc1. The molecule has 0 bridgehead atoms. The van der Waals surface area contributed by atoms with E-state index in [1.807, 2.05) is 79.4 Å². The summed E-state index contributed by atoms with van der Waals surface area (Å²) >= 11 is 0. The largest absolute Gasteiger partial charge is 0.256 e. The highest BCUT2D eigenvalue weighted by atomic mass is 15.0. The minimum absolute atomic E-state index is 0.526. The lowest BCUT2D eigenvalue weighted by atomic mass is 9.90. The maximum absolute atomic E-state index is 5.28. The number of nitrogens with zero attached hydrogens (tertiary/aromatic N) is 9. The highest BCUT2D eigenvalue weighted by Gasteiger charge is 2.20. The number of benzene rings is 6. The van der Waals surface area contributed by atoms with E-state index in [0.29, 0.717) is 17.5 Å². The first kappa shape index (κ1) is 33.7. The lowest BCUT2D eigenvalue weighted by Crippen LogP contribution is -2.01. The molecule has 0 N–H and O–H groups in total. The molecule has 60 heavy (non-hydrogen) atoms. The van der Waals surface area contributed by atoms with Crippen molar-refractivity contribution in [2.75, 3.05) is 0 Å². The molecule has 0 radical (unpaired) electrons. The van der Waals surface area contributed by atoms with Gasteiger partial charge in [0.1, 0.15) is 0 Å². The molecule has 278 valence electrons. The Morgan fingerprint density at radius 2 is 0.750 bits per heavy atom. The van der Waals surface area contributed by atoms with Crippen molar-refractivity contribution in [1.29, 1.82) is 0 Å². The van der Waals surface area contributed by atoms with E-state index >= 15 is 0 Å². The number of pyridine rings is 4. The van der Waals surface area contributed by atoms with E-state index in [2.05, 4.69) is 94.9 Å². The van der Waals surface area contributed by atoms with Gasteiger partial charge in [-0.05, 0) is 94.7 Å². The molecule has 0 aliphatic carbocycles. The molecule has 6 heterocycles. The van der Waals surface area contributed by atoms with Crippen LogP contribution >= 0.6 is 0 Å². The Hall–Kier alpha value is -8.43. The quantitative estimate of drug-likeness (QED) is 0.158. The number of hydrogen-bond acceptors (Lipinski definition) is 9. The zero-order chi connectivity index (χ0) is 39.6. The van der Waals surface area contributed by atoms with E-state index in [1.165, 1.54) is 0 Å². The normalized spacial score (nSPS) is 11.7. The smallest absolute Gasteiger partial charge is 0.164 e. The number of hydrogen-bond donors (Lipinski definition) is 0. The molecule has 0 atom stereocenters. The first-order valence-electron chi connectivity index (χ1n) is 19.6. The highest BCUT2D eigenvalue weighted by Crippen LogP contribution is 2.42. The van der Waals surface area contributed by atoms with Crippen molar-refractivity contribution in [3.05, 3.63) is 177 Å². The van der Waals surface area contributed by atoms with Crippen LogP contribution in [0, 0.1) is 0 Å². The molecule has 6 aromatic carbocycles. The second kappa shape index (κ2) is 13.6. The summed E-state index contributed by atoms with van der Waals surface area (Å²) in [5, 5.41) is 6.04. The fourth-order valence-electron chi connectivity index (χ4n) is 8.35. The lowest BCUT2D eigenvalue weighted by Gasteiger charge is -2.16. The molecular weight excluding hydrogens is 739 g/mol. The van der Waals surface area contributed by atoms with Crippen LogP contribution in [0.4, 0.5) is 0 Å². The summed E-state index contributed by atoms with van der Waals surface area (Å²) in [6.45, 7) is 0. The minimum atomic E-state index is 0.526. The summed E-state index contributed by atoms with van der Waals surface area (Å²) in [5.74, 6) is 1.64. The third-order valence-electron chi connectivity index (χ3n) is 11.1. The van der Waals surface area contributed by atoms with Crippen LogP contribution < -0.4 is 0 Å². The van der Waals surface area contributed by atoms with Crippen molar-refractivity contribution in [1.82, 2.24) is 44.9 Å². The van der Waals surface area contributed by atoms with Gasteiger partial charge in [-0.3, -0.25) is 29.9 Å². The summed E-state index contributed by atoms with van der Waals surface area (Å²) in [7, 11) is 0. The number of aromatic nitrogens is 9. The predicted molar refractivity (Wildman–Crippen MR) is 239 cm³/mol. The maximum atomic E-state index is 5.28. The minimum Gasteiger partial charge on any atom is -0.256 e. The molecule has 9 nitrogen and oxygen atoms in total. The number of fused-ring (bicyclic) bond motifs is 6. The zero-order valence-corrected chi connectivity index (χ0v) is 31.8. The summed E-state index contributed by atoms with van der Waals surface area (Å²) < 4.78 is 0. The molecule has 6 aromatic heterocycles. The van der Waals surface area contributed by atoms with E-state index in [0.717, 1.165) is 104 Å². The van der Waals surface area contributed by atoms with Gasteiger partial charge in [-0.15, -0.1) is 0 Å². The van der Waals surface area contributed by atoms with Crippen LogP contribution in [0.25, 0.3) is 122 Å². The van der Waals surface area contributed by atoms with E-state index in [9.17, 15) is 0 Å². The van der Waals surface area contributed by atoms with E-state index in [-0.39, 0.29) is 0 Å². The van der Waals surface area contributed by atoms with Crippen molar-refractivity contribution in [2.24, 2.45) is 0 Å². The van der Waals surface area contributed by atoms with Gasteiger partial charge >= 0.3 is 0 Å². The van der Waals surface area contributed by atoms with Crippen LogP contribution in [-0.4, -0.2) is 44.9 Å². The molecular formula is C51H29N9. The Morgan fingerprint density at radius 3 is 1.37 bits per heavy atom. The van der Waals surface area contributed by atoms with Crippen LogP contribution in [0.3, 0.4) is 0 Å². The summed E-state index contributed by atoms with van der Waals surface area (Å²) in [4.78, 5) is 44.2. The molecule has 0 saturated carbocycles. The molecule has 0 saturated heterocycles. The Bertz CT molecular complexity index is 3440. The third kappa shape index (κ3) is 5.67. The van der Waals surface area contributed by atoms with Crippen molar-refractivity contribution < 1.29 is 0 Å². The molecule has 12 aromatic rings. The van der Waals surface area contributed by atoms with Gasteiger partial charge in [-0.2, -0.15) is 0 Å². The van der Waals surface area contributed by atoms with Gasteiger partial charge in [0.05, 0.1) is 33.1 Å². The molecule has 0 amide bonds. The fourth-order valence-corrected chi connectivity index (χ4v) is 8.35. The Balaban J connectivity index is 1.17. The second-order valence-electron chi connectivity index (χ2n) is 14.7. The predicted octanol–water partition coefficient (Wildman–Crippen LogP) is 11.5. The molecule has 0 aliphatic heterocycles. The second-order valence-corrected chi connectivity index (χ2v) is 14.7. The van der Waals surface area contributed by atoms with Crippen LogP contribution in [-0.2, 0) is 0 Å². The van der Waals surface area contributed by atoms with Gasteiger partial charge in [0.15, 0.2) is 17.5 Å². The third-order valence-corrected chi connectivity index (χ3v) is 11.1. The van der Waals surface area contributed by atoms with Crippen molar-refractivity contribution >= 4 is 65.4 Å². The molecule has 0 fully saturated rings. The topological polar surface area (TPSA) is 116 Å². The van der Waals surface area contributed by atoms with Gasteiger partial charge in [-0.25, -0.2) is 15.0 Å². The first-order chi connectivity index (χ1) is 29.7. The molecule has 0 aliphatic rings. The van der Waals surface area contributed by atoms with E-state index < -0.39 is 0 Å². The zero-order valence-electron chi connectivity index (χ0n) is 31.8. The van der Waals surface area contributed by atoms with Crippen molar-refractivity contribution in [3.8, 4) is 56.4 Å². The lowest BCUT2D eigenvalue weighted by molar-refractivity contribution is 1.07. The van der Waals surface area contributed by atoms with E-state index in [4.69, 9.17) is 34.9 Å². The summed E-state index contributed by atoms with van der Waals surface area (Å²) in [6, 6.07) is 47.4. The van der Waals surface area contributed by atoms with Gasteiger partial charge in [-0.1, -0.05) is 66.7 Å². The van der Waals surface area contributed by atoms with Crippen LogP contribution in [0.5, 0.6) is 0 Å². The number of rotatable bonds is 5. The van der Waals surface area contributed by atoms with Crippen LogP contribution in [0.15, 0.2) is 177 Å². The highest BCUT2D eigenvalue weighted by molar-refractivity contribution is 6.13. The first-order valence-corrected chi connectivity index (χ1v) is 19.6. The van der Waals surface area contributed by atoms with E-state index in [1.54, 1.807) is 12.4 Å². The van der Waals surface area contributed by atoms with Crippen LogP contribution in [0.2, 0.25) is 0 Å². The summed E-state index contributed by atoms with van der Waals surface area (Å²) in [6.07, 6.45) is 10.8. The fraction of sp³-hybridized carbons (Fsp3) is 0. The Labute approximate surface area is 342 Å².